The Morgan fingerprint density at radius 2 is 2.14 bits per heavy atom. The molecule has 0 saturated heterocycles. The van der Waals surface area contributed by atoms with Gasteiger partial charge in [-0.3, -0.25) is 9.69 Å². The Hall–Kier alpha value is -1.13. The molecule has 22 heavy (non-hydrogen) atoms. The molecule has 1 saturated carbocycles. The van der Waals surface area contributed by atoms with Gasteiger partial charge in [0.15, 0.2) is 5.12 Å². The summed E-state index contributed by atoms with van der Waals surface area (Å²) in [4.78, 5) is 15.3. The number of hydrogen-bond donors (Lipinski definition) is 0. The van der Waals surface area contributed by atoms with Crippen LogP contribution in [0, 0.1) is 11.7 Å². The molecule has 0 amide bonds. The van der Waals surface area contributed by atoms with E-state index in [0.29, 0.717) is 6.42 Å². The van der Waals surface area contributed by atoms with Crippen LogP contribution in [-0.2, 0) is 4.79 Å². The maximum absolute atomic E-state index is 14.3. The average molecular weight is 317 g/mol. The van der Waals surface area contributed by atoms with E-state index in [2.05, 4.69) is 4.90 Å². The van der Waals surface area contributed by atoms with Crippen molar-refractivity contribution < 1.29 is 9.18 Å². The summed E-state index contributed by atoms with van der Waals surface area (Å²) in [6, 6.07) is 7.35. The van der Waals surface area contributed by atoms with Crippen molar-refractivity contribution in [3.63, 3.8) is 0 Å². The van der Waals surface area contributed by atoms with Gasteiger partial charge < -0.3 is 0 Å². The Kier molecular flexibility index (Phi) is 3.82. The molecule has 4 heteroatoms. The molecule has 2 aliphatic heterocycles. The van der Waals surface area contributed by atoms with E-state index in [0.717, 1.165) is 37.4 Å². The maximum Gasteiger partial charge on any atom is 0.197 e. The van der Waals surface area contributed by atoms with Gasteiger partial charge >= 0.3 is 0 Å². The zero-order valence-electron chi connectivity index (χ0n) is 12.6. The SMILES string of the molecule is O=C1CC2=C(CCN(C(CC3CC3)c3ccccc3F)C2)S1. The molecule has 3 aliphatic rings. The molecule has 0 spiro atoms. The number of halogens is 1. The summed E-state index contributed by atoms with van der Waals surface area (Å²) in [6.07, 6.45) is 5.14. The number of thioether (sulfide) groups is 1. The summed E-state index contributed by atoms with van der Waals surface area (Å²) in [5.74, 6) is 0.657. The van der Waals surface area contributed by atoms with E-state index in [1.54, 1.807) is 12.1 Å². The van der Waals surface area contributed by atoms with Gasteiger partial charge in [0.05, 0.1) is 0 Å². The van der Waals surface area contributed by atoms with E-state index in [4.69, 9.17) is 0 Å². The highest BCUT2D eigenvalue weighted by atomic mass is 32.2. The molecule has 1 fully saturated rings. The lowest BCUT2D eigenvalue weighted by Crippen LogP contribution is -2.35. The Balaban J connectivity index is 1.59. The van der Waals surface area contributed by atoms with Crippen LogP contribution in [0.25, 0.3) is 0 Å². The minimum atomic E-state index is -0.0928. The molecule has 2 heterocycles. The third-order valence-corrected chi connectivity index (χ3v) is 6.08. The van der Waals surface area contributed by atoms with Crippen molar-refractivity contribution in [1.29, 1.82) is 0 Å². The van der Waals surface area contributed by atoms with Crippen LogP contribution in [0.2, 0.25) is 0 Å². The van der Waals surface area contributed by atoms with Gasteiger partial charge in [0.1, 0.15) is 5.82 Å². The lowest BCUT2D eigenvalue weighted by Gasteiger charge is -2.35. The zero-order valence-corrected chi connectivity index (χ0v) is 13.4. The van der Waals surface area contributed by atoms with Crippen LogP contribution in [0.3, 0.4) is 0 Å². The molecule has 1 unspecified atom stereocenters. The van der Waals surface area contributed by atoms with E-state index in [-0.39, 0.29) is 17.0 Å². The van der Waals surface area contributed by atoms with Gasteiger partial charge in [-0.15, -0.1) is 0 Å². The average Bonchev–Trinajstić information content (AvgIpc) is 3.24. The lowest BCUT2D eigenvalue weighted by molar-refractivity contribution is -0.110. The molecule has 2 nitrogen and oxygen atoms in total. The first-order valence-electron chi connectivity index (χ1n) is 8.11. The second-order valence-electron chi connectivity index (χ2n) is 6.61. The first-order chi connectivity index (χ1) is 10.7. The highest BCUT2D eigenvalue weighted by Crippen LogP contribution is 2.44. The number of carbonyl (C=O) groups is 1. The third kappa shape index (κ3) is 2.86. The standard InChI is InChI=1S/C18H20FNOS/c19-15-4-2-1-3-14(15)16(9-12-5-6-12)20-8-7-17-13(11-20)10-18(21)22-17/h1-4,12,16H,5-11H2. The number of benzene rings is 1. The van der Waals surface area contributed by atoms with Crippen molar-refractivity contribution in [3.8, 4) is 0 Å². The first kappa shape index (κ1) is 14.5. The summed E-state index contributed by atoms with van der Waals surface area (Å²) in [7, 11) is 0. The van der Waals surface area contributed by atoms with Crippen LogP contribution in [0.1, 0.15) is 43.7 Å². The number of hydrogen-bond acceptors (Lipinski definition) is 3. The van der Waals surface area contributed by atoms with Crippen LogP contribution in [-0.4, -0.2) is 23.1 Å². The van der Waals surface area contributed by atoms with E-state index < -0.39 is 0 Å². The first-order valence-corrected chi connectivity index (χ1v) is 8.92. The van der Waals surface area contributed by atoms with E-state index in [1.807, 2.05) is 12.1 Å². The lowest BCUT2D eigenvalue weighted by atomic mass is 9.96. The fourth-order valence-corrected chi connectivity index (χ4v) is 4.61. The summed E-state index contributed by atoms with van der Waals surface area (Å²) in [5.41, 5.74) is 2.11. The highest BCUT2D eigenvalue weighted by Gasteiger charge is 2.35. The van der Waals surface area contributed by atoms with Crippen molar-refractivity contribution in [2.75, 3.05) is 13.1 Å². The van der Waals surface area contributed by atoms with Crippen molar-refractivity contribution in [2.45, 2.75) is 38.1 Å². The van der Waals surface area contributed by atoms with E-state index >= 15 is 0 Å². The Morgan fingerprint density at radius 3 is 2.91 bits per heavy atom. The van der Waals surface area contributed by atoms with Gasteiger partial charge in [-0.2, -0.15) is 0 Å². The number of rotatable bonds is 4. The summed E-state index contributed by atoms with van der Waals surface area (Å²) in [5, 5.41) is 0.275. The molecule has 0 radical (unpaired) electrons. The summed E-state index contributed by atoms with van der Waals surface area (Å²) < 4.78 is 14.3. The van der Waals surface area contributed by atoms with Gasteiger partial charge in [0.2, 0.25) is 0 Å². The monoisotopic (exact) mass is 317 g/mol. The predicted octanol–water partition coefficient (Wildman–Crippen LogP) is 4.29. The zero-order chi connectivity index (χ0) is 15.1. The van der Waals surface area contributed by atoms with Gasteiger partial charge in [-0.1, -0.05) is 42.8 Å². The molecular weight excluding hydrogens is 297 g/mol. The Morgan fingerprint density at radius 1 is 1.32 bits per heavy atom. The predicted molar refractivity (Wildman–Crippen MR) is 86.9 cm³/mol. The quantitative estimate of drug-likeness (QED) is 0.826. The molecule has 0 N–H and O–H groups in total. The van der Waals surface area contributed by atoms with Crippen molar-refractivity contribution in [2.24, 2.45) is 5.92 Å². The Labute approximate surface area is 134 Å². The fourth-order valence-electron chi connectivity index (χ4n) is 3.61. The van der Waals surface area contributed by atoms with Gasteiger partial charge in [-0.25, -0.2) is 4.39 Å². The van der Waals surface area contributed by atoms with Crippen LogP contribution in [0.15, 0.2) is 34.7 Å². The van der Waals surface area contributed by atoms with Gasteiger partial charge in [-0.05, 0) is 35.3 Å². The van der Waals surface area contributed by atoms with Crippen LogP contribution in [0.5, 0.6) is 0 Å². The highest BCUT2D eigenvalue weighted by molar-refractivity contribution is 8.17. The minimum Gasteiger partial charge on any atom is -0.292 e. The minimum absolute atomic E-state index is 0.0928. The van der Waals surface area contributed by atoms with Crippen molar-refractivity contribution >= 4 is 16.9 Å². The summed E-state index contributed by atoms with van der Waals surface area (Å²) in [6.45, 7) is 1.77. The fraction of sp³-hybridized carbons (Fsp3) is 0.500. The van der Waals surface area contributed by atoms with E-state index in [9.17, 15) is 9.18 Å². The molecule has 116 valence electrons. The number of carbonyl (C=O) groups excluding carboxylic acids is 1. The normalized spacial score (nSPS) is 23.8. The molecule has 0 aromatic heterocycles. The van der Waals surface area contributed by atoms with Crippen LogP contribution >= 0.6 is 11.8 Å². The van der Waals surface area contributed by atoms with Gasteiger partial charge in [0, 0.05) is 31.1 Å². The Bertz CT molecular complexity index is 638. The largest absolute Gasteiger partial charge is 0.292 e. The van der Waals surface area contributed by atoms with Crippen LogP contribution in [0.4, 0.5) is 4.39 Å². The van der Waals surface area contributed by atoms with Gasteiger partial charge in [0.25, 0.3) is 0 Å². The molecule has 0 bridgehead atoms. The topological polar surface area (TPSA) is 20.3 Å². The third-order valence-electron chi connectivity index (χ3n) is 4.97. The van der Waals surface area contributed by atoms with Crippen molar-refractivity contribution in [3.05, 3.63) is 46.1 Å². The number of nitrogens with zero attached hydrogens (tertiary/aromatic N) is 1. The smallest absolute Gasteiger partial charge is 0.197 e. The van der Waals surface area contributed by atoms with Crippen LogP contribution < -0.4 is 0 Å². The molecule has 4 rings (SSSR count). The summed E-state index contributed by atoms with van der Waals surface area (Å²) >= 11 is 1.43. The molecule has 1 aliphatic carbocycles. The molecule has 1 aromatic carbocycles. The molecular formula is C18H20FNOS. The molecule has 1 aromatic rings. The second kappa shape index (κ2) is 5.82. The molecule has 1 atom stereocenters. The second-order valence-corrected chi connectivity index (χ2v) is 7.77. The van der Waals surface area contributed by atoms with Crippen molar-refractivity contribution in [1.82, 2.24) is 4.90 Å². The van der Waals surface area contributed by atoms with E-state index in [1.165, 1.54) is 35.1 Å². The maximum atomic E-state index is 14.3.